The van der Waals surface area contributed by atoms with Gasteiger partial charge in [-0.05, 0) is 47.7 Å². The van der Waals surface area contributed by atoms with Gasteiger partial charge in [0.15, 0.2) is 0 Å². The molecule has 1 amide bonds. The van der Waals surface area contributed by atoms with E-state index in [4.69, 9.17) is 9.84 Å². The molecule has 1 unspecified atom stereocenters. The van der Waals surface area contributed by atoms with Gasteiger partial charge in [-0.2, -0.15) is 0 Å². The molecule has 1 N–H and O–H groups in total. The summed E-state index contributed by atoms with van der Waals surface area (Å²) in [5.41, 5.74) is 3.26. The van der Waals surface area contributed by atoms with E-state index in [1.165, 1.54) is 0 Å². The van der Waals surface area contributed by atoms with Gasteiger partial charge in [-0.3, -0.25) is 9.59 Å². The first-order valence-corrected chi connectivity index (χ1v) is 9.21. The summed E-state index contributed by atoms with van der Waals surface area (Å²) in [7, 11) is 0. The van der Waals surface area contributed by atoms with Crippen LogP contribution in [0.4, 0.5) is 0 Å². The molecule has 142 valence electrons. The van der Waals surface area contributed by atoms with Crippen molar-refractivity contribution < 1.29 is 19.4 Å². The fraction of sp³-hybridized carbons (Fsp3) is 0.364. The second-order valence-corrected chi connectivity index (χ2v) is 7.46. The minimum Gasteiger partial charge on any atom is -0.481 e. The standard InChI is InChI=1S/C22H25NO4/c1-14(2)19-9-4-15(3)10-20(19)27-18-7-5-16(6-8-18)12-23-13-17(22(25)26)11-21(23)24/h4-10,14,17H,11-13H2,1-3H3,(H,25,26). The van der Waals surface area contributed by atoms with Crippen molar-refractivity contribution >= 4 is 11.9 Å². The molecular weight excluding hydrogens is 342 g/mol. The Morgan fingerprint density at radius 1 is 1.22 bits per heavy atom. The molecule has 0 bridgehead atoms. The summed E-state index contributed by atoms with van der Waals surface area (Å²) >= 11 is 0. The van der Waals surface area contributed by atoms with Crippen LogP contribution < -0.4 is 4.74 Å². The molecule has 3 rings (SSSR count). The van der Waals surface area contributed by atoms with E-state index < -0.39 is 11.9 Å². The van der Waals surface area contributed by atoms with Crippen LogP contribution in [0.1, 0.15) is 42.9 Å². The van der Waals surface area contributed by atoms with Crippen molar-refractivity contribution in [1.82, 2.24) is 4.90 Å². The molecule has 1 aliphatic heterocycles. The summed E-state index contributed by atoms with van der Waals surface area (Å²) in [6, 6.07) is 13.8. The average Bonchev–Trinajstić information content (AvgIpc) is 2.97. The number of hydrogen-bond acceptors (Lipinski definition) is 3. The Labute approximate surface area is 159 Å². The minimum atomic E-state index is -0.909. The highest BCUT2D eigenvalue weighted by molar-refractivity contribution is 5.86. The molecule has 0 radical (unpaired) electrons. The highest BCUT2D eigenvalue weighted by Crippen LogP contribution is 2.31. The van der Waals surface area contributed by atoms with Crippen molar-refractivity contribution in [2.45, 2.75) is 39.7 Å². The normalized spacial score (nSPS) is 16.8. The van der Waals surface area contributed by atoms with E-state index in [2.05, 4.69) is 26.0 Å². The molecule has 1 fully saturated rings. The van der Waals surface area contributed by atoms with Crippen LogP contribution in [-0.4, -0.2) is 28.4 Å². The Bertz CT molecular complexity index is 842. The maximum atomic E-state index is 12.0. The Hall–Kier alpha value is -2.82. The van der Waals surface area contributed by atoms with E-state index in [1.807, 2.05) is 37.3 Å². The average molecular weight is 367 g/mol. The van der Waals surface area contributed by atoms with Crippen LogP contribution in [0.3, 0.4) is 0 Å². The Morgan fingerprint density at radius 3 is 2.52 bits per heavy atom. The first-order chi connectivity index (χ1) is 12.8. The molecule has 0 saturated carbocycles. The molecule has 2 aromatic carbocycles. The molecule has 1 saturated heterocycles. The van der Waals surface area contributed by atoms with Gasteiger partial charge >= 0.3 is 5.97 Å². The number of ether oxygens (including phenoxy) is 1. The number of carbonyl (C=O) groups is 2. The number of amides is 1. The van der Waals surface area contributed by atoms with Gasteiger partial charge in [-0.1, -0.05) is 38.1 Å². The molecule has 0 spiro atoms. The number of carbonyl (C=O) groups excluding carboxylic acids is 1. The summed E-state index contributed by atoms with van der Waals surface area (Å²) in [6.45, 7) is 7.01. The zero-order valence-corrected chi connectivity index (χ0v) is 15.9. The first-order valence-electron chi connectivity index (χ1n) is 9.21. The van der Waals surface area contributed by atoms with E-state index in [-0.39, 0.29) is 18.9 Å². The SMILES string of the molecule is Cc1ccc(C(C)C)c(Oc2ccc(CN3CC(C(=O)O)CC3=O)cc2)c1. The third-order valence-electron chi connectivity index (χ3n) is 4.88. The van der Waals surface area contributed by atoms with Crippen LogP contribution in [0.2, 0.25) is 0 Å². The highest BCUT2D eigenvalue weighted by atomic mass is 16.5. The van der Waals surface area contributed by atoms with Crippen LogP contribution >= 0.6 is 0 Å². The number of rotatable bonds is 6. The molecule has 1 atom stereocenters. The molecule has 1 aliphatic rings. The topological polar surface area (TPSA) is 66.8 Å². The fourth-order valence-corrected chi connectivity index (χ4v) is 3.31. The van der Waals surface area contributed by atoms with Crippen LogP contribution in [0.5, 0.6) is 11.5 Å². The molecule has 0 aliphatic carbocycles. The lowest BCUT2D eigenvalue weighted by atomic mass is 10.0. The van der Waals surface area contributed by atoms with E-state index in [0.29, 0.717) is 12.5 Å². The molecule has 0 aromatic heterocycles. The fourth-order valence-electron chi connectivity index (χ4n) is 3.31. The predicted molar refractivity (Wildman–Crippen MR) is 103 cm³/mol. The van der Waals surface area contributed by atoms with E-state index in [0.717, 1.165) is 28.2 Å². The summed E-state index contributed by atoms with van der Waals surface area (Å²) in [4.78, 5) is 24.6. The van der Waals surface area contributed by atoms with E-state index >= 15 is 0 Å². The smallest absolute Gasteiger partial charge is 0.308 e. The second kappa shape index (κ2) is 7.82. The first kappa shape index (κ1) is 19.0. The third-order valence-corrected chi connectivity index (χ3v) is 4.88. The van der Waals surface area contributed by atoms with E-state index in [1.54, 1.807) is 4.90 Å². The van der Waals surface area contributed by atoms with Gasteiger partial charge in [0.1, 0.15) is 11.5 Å². The lowest BCUT2D eigenvalue weighted by Gasteiger charge is -2.17. The number of carboxylic acid groups (broad SMARTS) is 1. The summed E-state index contributed by atoms with van der Waals surface area (Å²) < 4.78 is 6.09. The molecule has 5 heteroatoms. The predicted octanol–water partition coefficient (Wildman–Crippen LogP) is 4.34. The number of aryl methyl sites for hydroxylation is 1. The Balaban J connectivity index is 1.69. The summed E-state index contributed by atoms with van der Waals surface area (Å²) in [5, 5.41) is 9.08. The second-order valence-electron chi connectivity index (χ2n) is 7.46. The van der Waals surface area contributed by atoms with Crippen LogP contribution in [0, 0.1) is 12.8 Å². The van der Waals surface area contributed by atoms with Crippen molar-refractivity contribution in [1.29, 1.82) is 0 Å². The molecule has 2 aromatic rings. The van der Waals surface area contributed by atoms with Crippen molar-refractivity contribution in [3.63, 3.8) is 0 Å². The van der Waals surface area contributed by atoms with Gasteiger partial charge in [0.25, 0.3) is 0 Å². The lowest BCUT2D eigenvalue weighted by molar-refractivity contribution is -0.141. The number of carboxylic acids is 1. The van der Waals surface area contributed by atoms with Crippen molar-refractivity contribution in [3.8, 4) is 11.5 Å². The number of aliphatic carboxylic acids is 1. The Morgan fingerprint density at radius 2 is 1.93 bits per heavy atom. The number of benzene rings is 2. The highest BCUT2D eigenvalue weighted by Gasteiger charge is 2.34. The summed E-state index contributed by atoms with van der Waals surface area (Å²) in [6.07, 6.45) is 0.0852. The number of hydrogen-bond donors (Lipinski definition) is 1. The molecule has 5 nitrogen and oxygen atoms in total. The molecular formula is C22H25NO4. The zero-order valence-electron chi connectivity index (χ0n) is 15.9. The largest absolute Gasteiger partial charge is 0.481 e. The molecule has 27 heavy (non-hydrogen) atoms. The van der Waals surface area contributed by atoms with Crippen molar-refractivity contribution in [2.24, 2.45) is 5.92 Å². The molecule has 1 heterocycles. The monoisotopic (exact) mass is 367 g/mol. The maximum absolute atomic E-state index is 12.0. The van der Waals surface area contributed by atoms with Crippen molar-refractivity contribution in [2.75, 3.05) is 6.54 Å². The number of likely N-dealkylation sites (tertiary alicyclic amines) is 1. The van der Waals surface area contributed by atoms with Crippen molar-refractivity contribution in [3.05, 3.63) is 59.2 Å². The van der Waals surface area contributed by atoms with Crippen LogP contribution in [0.15, 0.2) is 42.5 Å². The van der Waals surface area contributed by atoms with Gasteiger partial charge in [-0.15, -0.1) is 0 Å². The number of nitrogens with zero attached hydrogens (tertiary/aromatic N) is 1. The summed E-state index contributed by atoms with van der Waals surface area (Å²) in [5.74, 6) is 0.344. The lowest BCUT2D eigenvalue weighted by Crippen LogP contribution is -2.25. The van der Waals surface area contributed by atoms with Gasteiger partial charge in [0, 0.05) is 19.5 Å². The van der Waals surface area contributed by atoms with Gasteiger partial charge in [0.2, 0.25) is 5.91 Å². The Kier molecular flexibility index (Phi) is 5.49. The van der Waals surface area contributed by atoms with Crippen LogP contribution in [0.25, 0.3) is 0 Å². The van der Waals surface area contributed by atoms with E-state index in [9.17, 15) is 9.59 Å². The quantitative estimate of drug-likeness (QED) is 0.824. The maximum Gasteiger partial charge on any atom is 0.308 e. The van der Waals surface area contributed by atoms with Gasteiger partial charge < -0.3 is 14.7 Å². The van der Waals surface area contributed by atoms with Gasteiger partial charge in [-0.25, -0.2) is 0 Å². The third kappa shape index (κ3) is 4.48. The zero-order chi connectivity index (χ0) is 19.6. The van der Waals surface area contributed by atoms with Crippen LogP contribution in [-0.2, 0) is 16.1 Å². The van der Waals surface area contributed by atoms with Gasteiger partial charge in [0.05, 0.1) is 5.92 Å². The minimum absolute atomic E-state index is 0.0852.